The van der Waals surface area contributed by atoms with E-state index in [9.17, 15) is 14.4 Å². The number of nitrogens with one attached hydrogen (secondary N) is 1. The number of nitrogens with two attached hydrogens (primary N) is 1. The van der Waals surface area contributed by atoms with Gasteiger partial charge in [-0.3, -0.25) is 14.4 Å². The zero-order valence-electron chi connectivity index (χ0n) is 20.5. The minimum Gasteiger partial charge on any atom is -0.346 e. The number of aromatic nitrogens is 1. The van der Waals surface area contributed by atoms with Crippen LogP contribution in [0.1, 0.15) is 53.9 Å². The Kier molecular flexibility index (Phi) is 9.19. The lowest BCUT2D eigenvalue weighted by atomic mass is 9.95. The van der Waals surface area contributed by atoms with E-state index in [0.717, 1.165) is 35.0 Å². The van der Waals surface area contributed by atoms with Crippen LogP contribution in [-0.4, -0.2) is 53.2 Å². The number of Topliss-reactive ketones (excluding diaryl/α,β-unsaturated/α-hetero) is 1. The van der Waals surface area contributed by atoms with Gasteiger partial charge in [0.15, 0.2) is 5.01 Å². The van der Waals surface area contributed by atoms with E-state index in [1.54, 1.807) is 4.90 Å². The molecular formula is C28H34N4O3S. The number of hydrogen-bond donors (Lipinski definition) is 2. The summed E-state index contributed by atoms with van der Waals surface area (Å²) in [5.41, 5.74) is 7.57. The van der Waals surface area contributed by atoms with Gasteiger partial charge in [-0.2, -0.15) is 0 Å². The molecule has 3 aromatic rings. The first-order valence-corrected chi connectivity index (χ1v) is 13.6. The number of carbonyl (C=O) groups excluding carboxylic acids is 3. The van der Waals surface area contributed by atoms with Crippen molar-refractivity contribution >= 4 is 39.2 Å². The summed E-state index contributed by atoms with van der Waals surface area (Å²) in [6, 6.07) is 16.9. The van der Waals surface area contributed by atoms with E-state index in [4.69, 9.17) is 5.73 Å². The van der Waals surface area contributed by atoms with E-state index in [-0.39, 0.29) is 23.5 Å². The highest BCUT2D eigenvalue weighted by molar-refractivity contribution is 7.20. The molecule has 1 saturated heterocycles. The van der Waals surface area contributed by atoms with E-state index in [1.807, 2.05) is 54.6 Å². The number of hydrogen-bond acceptors (Lipinski definition) is 6. The van der Waals surface area contributed by atoms with E-state index in [0.29, 0.717) is 50.3 Å². The molecule has 190 valence electrons. The molecular weight excluding hydrogens is 472 g/mol. The van der Waals surface area contributed by atoms with Crippen LogP contribution in [-0.2, 0) is 16.0 Å². The van der Waals surface area contributed by atoms with Gasteiger partial charge in [0.1, 0.15) is 0 Å². The Morgan fingerprint density at radius 2 is 1.86 bits per heavy atom. The fourth-order valence-electron chi connectivity index (χ4n) is 4.65. The van der Waals surface area contributed by atoms with Gasteiger partial charge in [-0.05, 0) is 62.8 Å². The summed E-state index contributed by atoms with van der Waals surface area (Å²) < 4.78 is 0.949. The number of piperidine rings is 1. The van der Waals surface area contributed by atoms with Gasteiger partial charge in [-0.15, -0.1) is 11.3 Å². The number of benzene rings is 2. The summed E-state index contributed by atoms with van der Waals surface area (Å²) in [4.78, 5) is 45.7. The molecule has 2 amide bonds. The van der Waals surface area contributed by atoms with Crippen LogP contribution < -0.4 is 11.1 Å². The summed E-state index contributed by atoms with van der Waals surface area (Å²) in [7, 11) is 0. The fourth-order valence-corrected chi connectivity index (χ4v) is 5.61. The number of fused-ring (bicyclic) bond motifs is 1. The van der Waals surface area contributed by atoms with Crippen molar-refractivity contribution in [1.29, 1.82) is 0 Å². The maximum absolute atomic E-state index is 13.4. The topological polar surface area (TPSA) is 105 Å². The number of amides is 2. The zero-order valence-corrected chi connectivity index (χ0v) is 21.3. The first-order chi connectivity index (χ1) is 17.5. The molecule has 4 rings (SSSR count). The van der Waals surface area contributed by atoms with E-state index >= 15 is 0 Å². The molecule has 2 unspecified atom stereocenters. The normalized spacial score (nSPS) is 16.6. The number of thiazole rings is 1. The van der Waals surface area contributed by atoms with Crippen molar-refractivity contribution < 1.29 is 14.4 Å². The van der Waals surface area contributed by atoms with Gasteiger partial charge in [0.2, 0.25) is 17.6 Å². The van der Waals surface area contributed by atoms with Gasteiger partial charge in [0.05, 0.1) is 22.2 Å². The molecule has 1 aliphatic heterocycles. The molecule has 2 aromatic carbocycles. The van der Waals surface area contributed by atoms with Gasteiger partial charge in [-0.25, -0.2) is 4.98 Å². The molecule has 0 radical (unpaired) electrons. The van der Waals surface area contributed by atoms with Crippen molar-refractivity contribution in [1.82, 2.24) is 15.2 Å². The second-order valence-corrected chi connectivity index (χ2v) is 10.4. The lowest BCUT2D eigenvalue weighted by Gasteiger charge is -2.33. The second-order valence-electron chi connectivity index (χ2n) is 9.36. The first-order valence-electron chi connectivity index (χ1n) is 12.8. The SMILES string of the molecule is NCCCCC(NC(=O)C1CCCN(C(=O)CCc2ccccc2)C1)C(=O)c1nc2ccccc2s1. The van der Waals surface area contributed by atoms with Crippen LogP contribution in [0.5, 0.6) is 0 Å². The molecule has 2 heterocycles. The first kappa shape index (κ1) is 26.0. The summed E-state index contributed by atoms with van der Waals surface area (Å²) in [5.74, 6) is -0.572. The van der Waals surface area contributed by atoms with Crippen molar-refractivity contribution in [2.45, 2.75) is 51.0 Å². The van der Waals surface area contributed by atoms with Crippen LogP contribution in [0, 0.1) is 5.92 Å². The molecule has 36 heavy (non-hydrogen) atoms. The third kappa shape index (κ3) is 6.77. The Bertz CT molecular complexity index is 1150. The average Bonchev–Trinajstić information content (AvgIpc) is 3.36. The molecule has 0 bridgehead atoms. The van der Waals surface area contributed by atoms with Crippen LogP contribution in [0.4, 0.5) is 0 Å². The number of rotatable bonds is 11. The maximum Gasteiger partial charge on any atom is 0.225 e. The fraction of sp³-hybridized carbons (Fsp3) is 0.429. The standard InChI is InChI=1S/C28H34N4O3S/c29-17-7-6-13-23(26(34)28-31-22-12-4-5-14-24(22)36-28)30-27(35)21-11-8-18-32(19-21)25(33)16-15-20-9-2-1-3-10-20/h1-5,9-10,12,14,21,23H,6-8,11,13,15-19,29H2,(H,30,35). The third-order valence-corrected chi connectivity index (χ3v) is 7.75. The summed E-state index contributed by atoms with van der Waals surface area (Å²) in [6.07, 6.45) is 4.64. The van der Waals surface area contributed by atoms with Crippen molar-refractivity contribution in [3.05, 3.63) is 65.2 Å². The maximum atomic E-state index is 13.4. The lowest BCUT2D eigenvalue weighted by molar-refractivity contribution is -0.135. The number of aryl methyl sites for hydroxylation is 1. The van der Waals surface area contributed by atoms with Crippen molar-refractivity contribution in [3.63, 3.8) is 0 Å². The molecule has 2 atom stereocenters. The van der Waals surface area contributed by atoms with E-state index in [1.165, 1.54) is 11.3 Å². The Balaban J connectivity index is 1.38. The molecule has 3 N–H and O–H groups in total. The van der Waals surface area contributed by atoms with Crippen molar-refractivity contribution in [3.8, 4) is 0 Å². The van der Waals surface area contributed by atoms with Crippen LogP contribution in [0.15, 0.2) is 54.6 Å². The third-order valence-electron chi connectivity index (χ3n) is 6.70. The van der Waals surface area contributed by atoms with Crippen LogP contribution in [0.25, 0.3) is 10.2 Å². The predicted octanol–water partition coefficient (Wildman–Crippen LogP) is 3.96. The number of unbranched alkanes of at least 4 members (excludes halogenated alkanes) is 1. The molecule has 1 fully saturated rings. The minimum atomic E-state index is -0.645. The Morgan fingerprint density at radius 1 is 1.08 bits per heavy atom. The molecule has 0 saturated carbocycles. The highest BCUT2D eigenvalue weighted by Crippen LogP contribution is 2.24. The number of ketones is 1. The quantitative estimate of drug-likeness (QED) is 0.302. The Morgan fingerprint density at radius 3 is 2.64 bits per heavy atom. The lowest BCUT2D eigenvalue weighted by Crippen LogP contribution is -2.49. The largest absolute Gasteiger partial charge is 0.346 e. The summed E-state index contributed by atoms with van der Waals surface area (Å²) >= 11 is 1.35. The molecule has 8 heteroatoms. The highest BCUT2D eigenvalue weighted by atomic mass is 32.1. The highest BCUT2D eigenvalue weighted by Gasteiger charge is 2.31. The van der Waals surface area contributed by atoms with Crippen molar-refractivity contribution in [2.24, 2.45) is 11.7 Å². The average molecular weight is 507 g/mol. The summed E-state index contributed by atoms with van der Waals surface area (Å²) in [6.45, 7) is 1.60. The number of para-hydroxylation sites is 1. The van der Waals surface area contributed by atoms with E-state index in [2.05, 4.69) is 10.3 Å². The van der Waals surface area contributed by atoms with Gasteiger partial charge >= 0.3 is 0 Å². The van der Waals surface area contributed by atoms with Gasteiger partial charge in [-0.1, -0.05) is 42.5 Å². The van der Waals surface area contributed by atoms with Gasteiger partial charge in [0.25, 0.3) is 0 Å². The van der Waals surface area contributed by atoms with E-state index < -0.39 is 6.04 Å². The van der Waals surface area contributed by atoms with Gasteiger partial charge in [0, 0.05) is 19.5 Å². The number of nitrogens with zero attached hydrogens (tertiary/aromatic N) is 2. The molecule has 1 aliphatic rings. The Labute approximate surface area is 216 Å². The number of carbonyl (C=O) groups is 3. The molecule has 7 nitrogen and oxygen atoms in total. The molecule has 0 aliphatic carbocycles. The molecule has 1 aromatic heterocycles. The minimum absolute atomic E-state index is 0.0707. The second kappa shape index (κ2) is 12.7. The van der Waals surface area contributed by atoms with Crippen molar-refractivity contribution in [2.75, 3.05) is 19.6 Å². The summed E-state index contributed by atoms with van der Waals surface area (Å²) in [5, 5.41) is 3.42. The van der Waals surface area contributed by atoms with Crippen LogP contribution in [0.2, 0.25) is 0 Å². The van der Waals surface area contributed by atoms with Crippen LogP contribution in [0.3, 0.4) is 0 Å². The van der Waals surface area contributed by atoms with Crippen LogP contribution >= 0.6 is 11.3 Å². The monoisotopic (exact) mass is 506 g/mol. The molecule has 0 spiro atoms. The number of likely N-dealkylation sites (tertiary alicyclic amines) is 1. The Hall–Kier alpha value is -3.10. The smallest absolute Gasteiger partial charge is 0.225 e. The predicted molar refractivity (Wildman–Crippen MR) is 143 cm³/mol. The zero-order chi connectivity index (χ0) is 25.3. The van der Waals surface area contributed by atoms with Gasteiger partial charge < -0.3 is 16.0 Å².